The minimum atomic E-state index is -0.280. The average Bonchev–Trinajstić information content (AvgIpc) is 3.68. The zero-order chi connectivity index (χ0) is 28.7. The van der Waals surface area contributed by atoms with Crippen LogP contribution >= 0.6 is 0 Å². The number of anilines is 1. The highest BCUT2D eigenvalue weighted by atomic mass is 19.1. The van der Waals surface area contributed by atoms with E-state index in [9.17, 15) is 14.0 Å². The third-order valence-corrected chi connectivity index (χ3v) is 7.60. The van der Waals surface area contributed by atoms with Gasteiger partial charge >= 0.3 is 0 Å². The van der Waals surface area contributed by atoms with Crippen LogP contribution in [0.25, 0.3) is 27.7 Å². The number of fused-ring (bicyclic) bond motifs is 2. The number of nitrogens with zero attached hydrogens (tertiary/aromatic N) is 6. The summed E-state index contributed by atoms with van der Waals surface area (Å²) >= 11 is 0. The molecule has 6 rings (SSSR count). The van der Waals surface area contributed by atoms with Gasteiger partial charge in [-0.05, 0) is 86.9 Å². The lowest BCUT2D eigenvalue weighted by molar-refractivity contribution is -0.116. The molecule has 0 radical (unpaired) electrons. The minimum Gasteiger partial charge on any atom is -0.347 e. The lowest BCUT2D eigenvalue weighted by atomic mass is 10.0. The van der Waals surface area contributed by atoms with Gasteiger partial charge in [0.25, 0.3) is 5.91 Å². The average molecular weight is 554 g/mol. The van der Waals surface area contributed by atoms with Crippen molar-refractivity contribution in [1.29, 1.82) is 0 Å². The van der Waals surface area contributed by atoms with E-state index in [0.717, 1.165) is 47.0 Å². The van der Waals surface area contributed by atoms with Crippen molar-refractivity contribution in [1.82, 2.24) is 29.0 Å². The first-order valence-corrected chi connectivity index (χ1v) is 13.8. The van der Waals surface area contributed by atoms with Crippen LogP contribution in [0.2, 0.25) is 0 Å². The van der Waals surface area contributed by atoms with Gasteiger partial charge < -0.3 is 14.4 Å². The van der Waals surface area contributed by atoms with Crippen LogP contribution < -0.4 is 5.32 Å². The number of rotatable bonds is 7. The zero-order valence-electron chi connectivity index (χ0n) is 23.3. The number of likely N-dealkylation sites (tertiary alicyclic amines) is 1. The Morgan fingerprint density at radius 2 is 1.85 bits per heavy atom. The van der Waals surface area contributed by atoms with E-state index in [1.807, 2.05) is 55.7 Å². The van der Waals surface area contributed by atoms with Crippen molar-refractivity contribution in [3.8, 4) is 11.1 Å². The molecule has 0 bridgehead atoms. The smallest absolute Gasteiger partial charge is 0.256 e. The number of carbonyl (C=O) groups is 2. The van der Waals surface area contributed by atoms with Gasteiger partial charge in [0.05, 0.1) is 18.2 Å². The molecule has 4 heterocycles. The molecule has 2 amide bonds. The molecule has 3 aromatic heterocycles. The van der Waals surface area contributed by atoms with Crippen LogP contribution in [0.15, 0.2) is 67.0 Å². The molecule has 5 aromatic rings. The lowest BCUT2D eigenvalue weighted by Gasteiger charge is -2.25. The molecule has 1 aliphatic rings. The summed E-state index contributed by atoms with van der Waals surface area (Å²) < 4.78 is 17.3. The van der Waals surface area contributed by atoms with Crippen molar-refractivity contribution >= 4 is 34.3 Å². The number of aromatic nitrogens is 4. The quantitative estimate of drug-likeness (QED) is 0.307. The van der Waals surface area contributed by atoms with Gasteiger partial charge in [-0.25, -0.2) is 8.91 Å². The maximum Gasteiger partial charge on any atom is 0.256 e. The second-order valence-corrected chi connectivity index (χ2v) is 10.7. The maximum atomic E-state index is 14.0. The summed E-state index contributed by atoms with van der Waals surface area (Å²) in [6.45, 7) is 3.70. The summed E-state index contributed by atoms with van der Waals surface area (Å²) in [4.78, 5) is 34.3. The molecule has 41 heavy (non-hydrogen) atoms. The Kier molecular flexibility index (Phi) is 7.00. The van der Waals surface area contributed by atoms with Gasteiger partial charge in [0.15, 0.2) is 5.65 Å². The molecule has 0 saturated carbocycles. The third-order valence-electron chi connectivity index (χ3n) is 7.60. The fourth-order valence-electron chi connectivity index (χ4n) is 5.67. The predicted octanol–water partition coefficient (Wildman–Crippen LogP) is 4.99. The number of hydrogen-bond acceptors (Lipinski definition) is 5. The molecule has 1 saturated heterocycles. The second kappa shape index (κ2) is 10.8. The van der Waals surface area contributed by atoms with Gasteiger partial charge in [0, 0.05) is 36.4 Å². The minimum absolute atomic E-state index is 0.0165. The fraction of sp³-hybridized carbons (Fsp3) is 0.290. The van der Waals surface area contributed by atoms with Crippen LogP contribution in [-0.2, 0) is 11.3 Å². The number of benzene rings is 2. The van der Waals surface area contributed by atoms with E-state index in [-0.39, 0.29) is 36.2 Å². The molecule has 10 heteroatoms. The molecule has 1 atom stereocenters. The Labute approximate surface area is 237 Å². The van der Waals surface area contributed by atoms with E-state index in [2.05, 4.69) is 33.0 Å². The van der Waals surface area contributed by atoms with E-state index in [4.69, 9.17) is 0 Å². The Balaban J connectivity index is 1.33. The summed E-state index contributed by atoms with van der Waals surface area (Å²) in [6, 6.07) is 16.4. The summed E-state index contributed by atoms with van der Waals surface area (Å²) in [7, 11) is 3.64. The Morgan fingerprint density at radius 3 is 2.61 bits per heavy atom. The van der Waals surface area contributed by atoms with E-state index in [1.54, 1.807) is 21.5 Å². The van der Waals surface area contributed by atoms with Gasteiger partial charge in [-0.2, -0.15) is 4.98 Å². The summed E-state index contributed by atoms with van der Waals surface area (Å²) in [5, 5.41) is 7.98. The molecule has 2 aromatic carbocycles. The largest absolute Gasteiger partial charge is 0.347 e. The highest BCUT2D eigenvalue weighted by Gasteiger charge is 2.32. The standard InChI is InChI=1S/C31H32FN7O2/c1-4-37-18-25(30(41)38-14-5-6-26(38)20-7-10-23(32)11-8-20)24-16-21(9-12-27(24)37)22-13-15-39-28(17-22)33-31(35-39)34-29(40)19-36(2)3/h7-13,15-18,26H,4-6,14,19H2,1-3H3,(H,34,35,40)/t26-/m0/s1. The third kappa shape index (κ3) is 5.18. The number of nitrogens with one attached hydrogen (secondary N) is 1. The summed E-state index contributed by atoms with van der Waals surface area (Å²) in [6.07, 6.45) is 5.51. The molecule has 0 unspecified atom stereocenters. The van der Waals surface area contributed by atoms with Crippen LogP contribution in [-0.4, -0.2) is 68.0 Å². The molecule has 1 aliphatic heterocycles. The molecule has 0 aliphatic carbocycles. The Bertz CT molecular complexity index is 1760. The second-order valence-electron chi connectivity index (χ2n) is 10.7. The molecule has 1 N–H and O–H groups in total. The number of hydrogen-bond donors (Lipinski definition) is 1. The molecular weight excluding hydrogens is 521 g/mol. The summed E-state index contributed by atoms with van der Waals surface area (Å²) in [5.74, 6) is -0.234. The number of amides is 2. The van der Waals surface area contributed by atoms with E-state index in [0.29, 0.717) is 17.8 Å². The van der Waals surface area contributed by atoms with Crippen molar-refractivity contribution in [2.75, 3.05) is 32.5 Å². The van der Waals surface area contributed by atoms with Crippen molar-refractivity contribution < 1.29 is 14.0 Å². The normalized spacial score (nSPS) is 15.3. The topological polar surface area (TPSA) is 87.8 Å². The number of aryl methyl sites for hydroxylation is 1. The Hall–Kier alpha value is -4.57. The SMILES string of the molecule is CCn1cc(C(=O)N2CCC[C@H]2c2ccc(F)cc2)c2cc(-c3ccn4nc(NC(=O)CN(C)C)nc4c3)ccc21. The van der Waals surface area contributed by atoms with Gasteiger partial charge in [0.1, 0.15) is 5.82 Å². The first kappa shape index (κ1) is 26.6. The van der Waals surface area contributed by atoms with Crippen molar-refractivity contribution in [3.05, 3.63) is 83.9 Å². The summed E-state index contributed by atoms with van der Waals surface area (Å²) in [5.41, 5.74) is 5.07. The maximum absolute atomic E-state index is 14.0. The first-order chi connectivity index (χ1) is 19.8. The number of carbonyl (C=O) groups excluding carboxylic acids is 2. The predicted molar refractivity (Wildman–Crippen MR) is 156 cm³/mol. The molecule has 1 fully saturated rings. The highest BCUT2D eigenvalue weighted by molar-refractivity contribution is 6.08. The number of pyridine rings is 1. The van der Waals surface area contributed by atoms with Crippen LogP contribution in [0.3, 0.4) is 0 Å². The van der Waals surface area contributed by atoms with Gasteiger partial charge in [-0.1, -0.05) is 18.2 Å². The van der Waals surface area contributed by atoms with Crippen molar-refractivity contribution in [2.24, 2.45) is 0 Å². The first-order valence-electron chi connectivity index (χ1n) is 13.8. The van der Waals surface area contributed by atoms with Crippen molar-refractivity contribution in [3.63, 3.8) is 0 Å². The molecule has 9 nitrogen and oxygen atoms in total. The molecule has 0 spiro atoms. The number of likely N-dealkylation sites (N-methyl/N-ethyl adjacent to an activating group) is 1. The van der Waals surface area contributed by atoms with Crippen LogP contribution in [0, 0.1) is 5.82 Å². The lowest BCUT2D eigenvalue weighted by Crippen LogP contribution is -2.30. The zero-order valence-corrected chi connectivity index (χ0v) is 23.3. The van der Waals surface area contributed by atoms with E-state index in [1.165, 1.54) is 12.1 Å². The highest BCUT2D eigenvalue weighted by Crippen LogP contribution is 2.36. The van der Waals surface area contributed by atoms with Crippen LogP contribution in [0.5, 0.6) is 0 Å². The molecule has 210 valence electrons. The van der Waals surface area contributed by atoms with Crippen LogP contribution in [0.1, 0.15) is 41.7 Å². The monoisotopic (exact) mass is 553 g/mol. The van der Waals surface area contributed by atoms with E-state index < -0.39 is 0 Å². The van der Waals surface area contributed by atoms with Gasteiger partial charge in [-0.3, -0.25) is 14.9 Å². The van der Waals surface area contributed by atoms with Gasteiger partial charge in [-0.15, -0.1) is 5.10 Å². The van der Waals surface area contributed by atoms with E-state index >= 15 is 0 Å². The van der Waals surface area contributed by atoms with Crippen molar-refractivity contribution in [2.45, 2.75) is 32.4 Å². The number of halogens is 1. The van der Waals surface area contributed by atoms with Crippen LogP contribution in [0.4, 0.5) is 10.3 Å². The molecular formula is C31H32FN7O2. The van der Waals surface area contributed by atoms with Gasteiger partial charge in [0.2, 0.25) is 11.9 Å². The Morgan fingerprint density at radius 1 is 1.07 bits per heavy atom. The fourth-order valence-corrected chi connectivity index (χ4v) is 5.67.